The molecule has 0 aromatic heterocycles. The van der Waals surface area contributed by atoms with Crippen LogP contribution in [-0.4, -0.2) is 27.9 Å². The highest BCUT2D eigenvalue weighted by Crippen LogP contribution is 2.67. The molecule has 2 atom stereocenters. The number of ether oxygens (including phenoxy) is 1. The van der Waals surface area contributed by atoms with Gasteiger partial charge in [-0.3, -0.25) is 0 Å². The molecule has 1 saturated heterocycles. The van der Waals surface area contributed by atoms with E-state index in [2.05, 4.69) is 0 Å². The van der Waals surface area contributed by atoms with E-state index in [1.54, 1.807) is 12.0 Å². The largest absolute Gasteiger partial charge is 0.497 e. The molecule has 108 valence electrons. The highest BCUT2D eigenvalue weighted by atomic mass is 35.5. The van der Waals surface area contributed by atoms with Crippen LogP contribution in [-0.2, 0) is 0 Å². The first-order valence-electron chi connectivity index (χ1n) is 5.88. The fourth-order valence-corrected chi connectivity index (χ4v) is 4.85. The molecule has 1 aromatic rings. The topological polar surface area (TPSA) is 12.5 Å². The molecule has 2 aliphatic heterocycles. The Morgan fingerprint density at radius 2 is 1.75 bits per heavy atom. The molecule has 0 spiro atoms. The Morgan fingerprint density at radius 3 is 2.20 bits per heavy atom. The van der Waals surface area contributed by atoms with Gasteiger partial charge in [0.15, 0.2) is 0 Å². The van der Waals surface area contributed by atoms with E-state index in [4.69, 9.17) is 62.7 Å². The van der Waals surface area contributed by atoms with Gasteiger partial charge in [-0.2, -0.15) is 0 Å². The van der Waals surface area contributed by atoms with Crippen molar-refractivity contribution < 1.29 is 4.74 Å². The van der Waals surface area contributed by atoms with Crippen molar-refractivity contribution in [3.8, 4) is 5.75 Å². The molecule has 3 rings (SSSR count). The highest BCUT2D eigenvalue weighted by molar-refractivity contribution is 6.59. The molecule has 0 amide bonds. The van der Waals surface area contributed by atoms with Crippen LogP contribution in [0.25, 0.3) is 0 Å². The van der Waals surface area contributed by atoms with Crippen molar-refractivity contribution in [2.45, 2.75) is 15.2 Å². The first-order chi connectivity index (χ1) is 9.34. The van der Waals surface area contributed by atoms with E-state index >= 15 is 0 Å². The number of benzene rings is 1. The molecule has 0 N–H and O–H groups in total. The number of hydrogen-bond donors (Lipinski definition) is 0. The minimum Gasteiger partial charge on any atom is -0.497 e. The lowest BCUT2D eigenvalue weighted by Gasteiger charge is -2.31. The van der Waals surface area contributed by atoms with Crippen LogP contribution in [0.15, 0.2) is 34.5 Å². The Labute approximate surface area is 142 Å². The lowest BCUT2D eigenvalue weighted by molar-refractivity contribution is 0.394. The minimum absolute atomic E-state index is 0.153. The Balaban J connectivity index is 2.05. The zero-order valence-electron chi connectivity index (χ0n) is 10.3. The van der Waals surface area contributed by atoms with Gasteiger partial charge in [-0.1, -0.05) is 58.5 Å². The second kappa shape index (κ2) is 4.76. The number of nitrogens with zero attached hydrogens (tertiary/aromatic N) is 1. The van der Waals surface area contributed by atoms with E-state index in [9.17, 15) is 0 Å². The molecule has 2 bridgehead atoms. The van der Waals surface area contributed by atoms with E-state index < -0.39 is 9.33 Å². The van der Waals surface area contributed by atoms with E-state index in [0.29, 0.717) is 11.7 Å². The third kappa shape index (κ3) is 1.72. The Morgan fingerprint density at radius 1 is 1.15 bits per heavy atom. The molecular weight excluding hydrogens is 363 g/mol. The van der Waals surface area contributed by atoms with Gasteiger partial charge in [0.2, 0.25) is 4.46 Å². The second-order valence-corrected chi connectivity index (χ2v) is 7.41. The quantitative estimate of drug-likeness (QED) is 0.542. The van der Waals surface area contributed by atoms with Crippen LogP contribution >= 0.6 is 58.0 Å². The predicted octanol–water partition coefficient (Wildman–Crippen LogP) is 4.86. The summed E-state index contributed by atoms with van der Waals surface area (Å²) in [6, 6.07) is 7.58. The van der Waals surface area contributed by atoms with E-state index in [-0.39, 0.29) is 11.0 Å². The smallest absolute Gasteiger partial charge is 0.216 e. The third-order valence-electron chi connectivity index (χ3n) is 3.88. The van der Waals surface area contributed by atoms with Crippen LogP contribution in [0, 0.1) is 0 Å². The number of fused-ring (bicyclic) bond motifs is 2. The van der Waals surface area contributed by atoms with Crippen LogP contribution in [0.4, 0.5) is 0 Å². The van der Waals surface area contributed by atoms with Crippen molar-refractivity contribution >= 4 is 58.0 Å². The number of methoxy groups -OCH3 is 1. The number of halogens is 5. The van der Waals surface area contributed by atoms with Gasteiger partial charge in [0.05, 0.1) is 12.1 Å². The number of alkyl halides is 3. The maximum Gasteiger partial charge on any atom is 0.216 e. The standard InChI is InChI=1S/C13H10Cl5NO/c1-20-8-4-2-7(3-5-8)9-6-19-11(15)10(14)12(9,16)13(19,17)18/h2-5,9H,6H2,1H3. The van der Waals surface area contributed by atoms with Crippen LogP contribution in [0.2, 0.25) is 0 Å². The lowest BCUT2D eigenvalue weighted by atomic mass is 9.87. The monoisotopic (exact) mass is 371 g/mol. The fraction of sp³-hybridized carbons (Fsp3) is 0.385. The third-order valence-corrected chi connectivity index (χ3v) is 6.86. The zero-order chi connectivity index (χ0) is 14.7. The summed E-state index contributed by atoms with van der Waals surface area (Å²) >= 11 is 31.9. The first kappa shape index (κ1) is 14.9. The highest BCUT2D eigenvalue weighted by Gasteiger charge is 2.70. The zero-order valence-corrected chi connectivity index (χ0v) is 14.1. The predicted molar refractivity (Wildman–Crippen MR) is 84.2 cm³/mol. The van der Waals surface area contributed by atoms with E-state index in [1.807, 2.05) is 24.3 Å². The lowest BCUT2D eigenvalue weighted by Crippen LogP contribution is -2.41. The molecule has 7 heteroatoms. The summed E-state index contributed by atoms with van der Waals surface area (Å²) in [7, 11) is 1.61. The maximum absolute atomic E-state index is 6.70. The molecule has 2 nitrogen and oxygen atoms in total. The fourth-order valence-electron chi connectivity index (χ4n) is 2.76. The Kier molecular flexibility index (Phi) is 3.55. The van der Waals surface area contributed by atoms with Crippen molar-refractivity contribution in [2.24, 2.45) is 0 Å². The van der Waals surface area contributed by atoms with Gasteiger partial charge >= 0.3 is 0 Å². The Bertz CT molecular complexity index is 585. The van der Waals surface area contributed by atoms with Crippen molar-refractivity contribution in [3.05, 3.63) is 40.0 Å². The number of hydrogen-bond acceptors (Lipinski definition) is 2. The van der Waals surface area contributed by atoms with Gasteiger partial charge in [-0.15, -0.1) is 11.6 Å². The van der Waals surface area contributed by atoms with Crippen LogP contribution in [0.5, 0.6) is 5.75 Å². The van der Waals surface area contributed by atoms with Crippen LogP contribution < -0.4 is 4.74 Å². The molecule has 20 heavy (non-hydrogen) atoms. The van der Waals surface area contributed by atoms with E-state index in [1.165, 1.54) is 0 Å². The summed E-state index contributed by atoms with van der Waals surface area (Å²) in [5.41, 5.74) is 0.983. The summed E-state index contributed by atoms with van der Waals surface area (Å²) in [5, 5.41) is 0.606. The second-order valence-electron chi connectivity index (χ2n) is 4.79. The van der Waals surface area contributed by atoms with Gasteiger partial charge in [0.25, 0.3) is 0 Å². The van der Waals surface area contributed by atoms with Crippen molar-refractivity contribution in [1.82, 2.24) is 4.90 Å². The average molecular weight is 373 g/mol. The SMILES string of the molecule is COc1ccc(C2CN3C(Cl)=C(Cl)C2(Cl)C3(Cl)Cl)cc1. The molecule has 2 aliphatic rings. The van der Waals surface area contributed by atoms with E-state index in [0.717, 1.165) is 11.3 Å². The molecular formula is C13H10Cl5NO. The van der Waals surface area contributed by atoms with Crippen molar-refractivity contribution in [3.63, 3.8) is 0 Å². The molecule has 2 unspecified atom stereocenters. The van der Waals surface area contributed by atoms with Gasteiger partial charge in [-0.25, -0.2) is 0 Å². The van der Waals surface area contributed by atoms with Gasteiger partial charge in [-0.05, 0) is 17.7 Å². The van der Waals surface area contributed by atoms with Gasteiger partial charge in [0, 0.05) is 12.5 Å². The van der Waals surface area contributed by atoms with Crippen molar-refractivity contribution in [1.29, 1.82) is 0 Å². The summed E-state index contributed by atoms with van der Waals surface area (Å²) < 4.78 is 3.79. The van der Waals surface area contributed by atoms with Gasteiger partial charge < -0.3 is 9.64 Å². The molecule has 0 aliphatic carbocycles. The number of rotatable bonds is 2. The molecule has 1 fully saturated rings. The van der Waals surface area contributed by atoms with Crippen LogP contribution in [0.3, 0.4) is 0 Å². The van der Waals surface area contributed by atoms with Gasteiger partial charge in [0.1, 0.15) is 15.8 Å². The van der Waals surface area contributed by atoms with Crippen molar-refractivity contribution in [2.75, 3.05) is 13.7 Å². The summed E-state index contributed by atoms with van der Waals surface area (Å²) in [4.78, 5) is 0.477. The maximum atomic E-state index is 6.70. The van der Waals surface area contributed by atoms with Crippen LogP contribution in [0.1, 0.15) is 11.5 Å². The molecule has 1 aromatic carbocycles. The minimum atomic E-state index is -1.35. The Hall–Kier alpha value is 0.01000. The summed E-state index contributed by atoms with van der Waals surface area (Å²) in [6.45, 7) is 0.512. The normalized spacial score (nSPS) is 31.1. The molecule has 0 saturated carbocycles. The summed E-state index contributed by atoms with van der Waals surface area (Å²) in [5.74, 6) is 0.614. The first-order valence-corrected chi connectivity index (χ1v) is 7.77. The average Bonchev–Trinajstić information content (AvgIpc) is 2.72. The molecule has 0 radical (unpaired) electrons. The summed E-state index contributed by atoms with van der Waals surface area (Å²) in [6.07, 6.45) is 0. The molecule has 2 heterocycles.